The highest BCUT2D eigenvalue weighted by molar-refractivity contribution is 8.01. The molecule has 0 unspecified atom stereocenters. The van der Waals surface area contributed by atoms with Crippen molar-refractivity contribution < 1.29 is 13.2 Å². The van der Waals surface area contributed by atoms with Crippen molar-refractivity contribution >= 4 is 61.6 Å². The van der Waals surface area contributed by atoms with E-state index >= 15 is 0 Å². The van der Waals surface area contributed by atoms with Gasteiger partial charge >= 0.3 is 0 Å². The average Bonchev–Trinajstić information content (AvgIpc) is 3.23. The summed E-state index contributed by atoms with van der Waals surface area (Å²) in [5.74, 6) is 0.426. The number of anilines is 2. The van der Waals surface area contributed by atoms with Gasteiger partial charge in [0.2, 0.25) is 11.0 Å². The number of carbonyl (C=O) groups excluding carboxylic acids is 1. The molecule has 0 bridgehead atoms. The molecule has 0 spiro atoms. The van der Waals surface area contributed by atoms with E-state index < -0.39 is 15.9 Å². The molecule has 1 heterocycles. The second-order valence-corrected chi connectivity index (χ2v) is 11.9. The third kappa shape index (κ3) is 6.25. The Balaban J connectivity index is 1.85. The third-order valence-corrected chi connectivity index (χ3v) is 9.05. The molecule has 1 aromatic heterocycles. The number of nitrogens with zero attached hydrogens (tertiary/aromatic N) is 3. The van der Waals surface area contributed by atoms with Crippen LogP contribution in [0.3, 0.4) is 0 Å². The number of benzene rings is 2. The molecule has 2 aromatic carbocycles. The van der Waals surface area contributed by atoms with Crippen molar-refractivity contribution in [2.75, 3.05) is 28.2 Å². The van der Waals surface area contributed by atoms with E-state index in [2.05, 4.69) is 22.4 Å². The van der Waals surface area contributed by atoms with E-state index in [1.165, 1.54) is 23.1 Å². The summed E-state index contributed by atoms with van der Waals surface area (Å²) in [6.45, 7) is 3.61. The lowest BCUT2D eigenvalue weighted by Gasteiger charge is -2.24. The Labute approximate surface area is 201 Å². The maximum atomic E-state index is 13.4. The van der Waals surface area contributed by atoms with Crippen LogP contribution < -0.4 is 9.62 Å². The average molecular weight is 509 g/mol. The molecule has 0 aliphatic rings. The molecule has 0 aliphatic heterocycles. The first-order valence-electron chi connectivity index (χ1n) is 9.83. The van der Waals surface area contributed by atoms with Crippen LogP contribution >= 0.6 is 34.9 Å². The first kappa shape index (κ1) is 24.6. The van der Waals surface area contributed by atoms with E-state index in [-0.39, 0.29) is 11.4 Å². The molecule has 11 heteroatoms. The minimum atomic E-state index is -3.96. The standard InChI is InChI=1S/C21H24N4O3S4/c1-4-13-30-21-24-23-20(31-21)22-19(26)14-25(16-7-5-15(2)6-8-16)32(27,28)18-11-9-17(29-3)10-12-18/h5-12H,4,13-14H2,1-3H3,(H,22,23,26). The summed E-state index contributed by atoms with van der Waals surface area (Å²) < 4.78 is 28.8. The number of aryl methyl sites for hydroxylation is 1. The molecule has 7 nitrogen and oxygen atoms in total. The van der Waals surface area contributed by atoms with Crippen LogP contribution in [0, 0.1) is 6.92 Å². The monoisotopic (exact) mass is 508 g/mol. The molecular weight excluding hydrogens is 485 g/mol. The summed E-state index contributed by atoms with van der Waals surface area (Å²) in [5.41, 5.74) is 1.40. The molecule has 1 amide bonds. The topological polar surface area (TPSA) is 92.3 Å². The maximum absolute atomic E-state index is 13.4. The minimum Gasteiger partial charge on any atom is -0.299 e. The summed E-state index contributed by atoms with van der Waals surface area (Å²) in [5, 5.41) is 11.1. The van der Waals surface area contributed by atoms with Gasteiger partial charge in [0.15, 0.2) is 4.34 Å². The molecule has 0 fully saturated rings. The summed E-state index contributed by atoms with van der Waals surface area (Å²) in [6, 6.07) is 13.6. The van der Waals surface area contributed by atoms with E-state index in [1.54, 1.807) is 48.2 Å². The van der Waals surface area contributed by atoms with Crippen molar-refractivity contribution in [3.05, 3.63) is 54.1 Å². The van der Waals surface area contributed by atoms with E-state index in [0.717, 1.165) is 31.3 Å². The molecular formula is C21H24N4O3S4. The van der Waals surface area contributed by atoms with Gasteiger partial charge in [-0.05, 0) is 56.0 Å². The number of nitrogens with one attached hydrogen (secondary N) is 1. The molecule has 32 heavy (non-hydrogen) atoms. The van der Waals surface area contributed by atoms with Crippen molar-refractivity contribution in [2.45, 2.75) is 34.4 Å². The van der Waals surface area contributed by atoms with Crippen LogP contribution in [-0.2, 0) is 14.8 Å². The number of rotatable bonds is 10. The zero-order valence-corrected chi connectivity index (χ0v) is 21.2. The van der Waals surface area contributed by atoms with Crippen LogP contribution in [-0.4, -0.2) is 43.1 Å². The van der Waals surface area contributed by atoms with Crippen molar-refractivity contribution in [1.82, 2.24) is 10.2 Å². The largest absolute Gasteiger partial charge is 0.299 e. The highest BCUT2D eigenvalue weighted by Crippen LogP contribution is 2.28. The Kier molecular flexibility index (Phi) is 8.57. The molecule has 0 saturated carbocycles. The van der Waals surface area contributed by atoms with Crippen molar-refractivity contribution in [2.24, 2.45) is 0 Å². The maximum Gasteiger partial charge on any atom is 0.264 e. The molecule has 0 aliphatic carbocycles. The van der Waals surface area contributed by atoms with Gasteiger partial charge in [-0.1, -0.05) is 47.7 Å². The number of hydrogen-bond donors (Lipinski definition) is 1. The van der Waals surface area contributed by atoms with Crippen LogP contribution in [0.5, 0.6) is 0 Å². The van der Waals surface area contributed by atoms with Crippen LogP contribution in [0.2, 0.25) is 0 Å². The lowest BCUT2D eigenvalue weighted by Crippen LogP contribution is -2.38. The second kappa shape index (κ2) is 11.2. The van der Waals surface area contributed by atoms with Crippen LogP contribution in [0.25, 0.3) is 0 Å². The summed E-state index contributed by atoms with van der Waals surface area (Å²) >= 11 is 4.37. The molecule has 170 valence electrons. The van der Waals surface area contributed by atoms with Gasteiger partial charge in [0.1, 0.15) is 6.54 Å². The number of amides is 1. The third-order valence-electron chi connectivity index (χ3n) is 4.34. The van der Waals surface area contributed by atoms with Gasteiger partial charge in [0, 0.05) is 10.6 Å². The van der Waals surface area contributed by atoms with Gasteiger partial charge in [-0.15, -0.1) is 22.0 Å². The smallest absolute Gasteiger partial charge is 0.264 e. The number of aromatic nitrogens is 2. The molecule has 3 aromatic rings. The zero-order valence-electron chi connectivity index (χ0n) is 17.9. The van der Waals surface area contributed by atoms with Gasteiger partial charge in [-0.25, -0.2) is 8.42 Å². The minimum absolute atomic E-state index is 0.123. The number of sulfonamides is 1. The highest BCUT2D eigenvalue weighted by Gasteiger charge is 2.27. The van der Waals surface area contributed by atoms with Crippen LogP contribution in [0.4, 0.5) is 10.8 Å². The summed E-state index contributed by atoms with van der Waals surface area (Å²) in [4.78, 5) is 13.9. The Bertz CT molecular complexity index is 1150. The normalized spacial score (nSPS) is 11.3. The zero-order chi connectivity index (χ0) is 23.1. The predicted octanol–water partition coefficient (Wildman–Crippen LogP) is 4.90. The first-order chi connectivity index (χ1) is 15.3. The molecule has 0 atom stereocenters. The number of hydrogen-bond acceptors (Lipinski definition) is 8. The van der Waals surface area contributed by atoms with Gasteiger partial charge < -0.3 is 0 Å². The summed E-state index contributed by atoms with van der Waals surface area (Å²) in [7, 11) is -3.96. The predicted molar refractivity (Wildman–Crippen MR) is 133 cm³/mol. The van der Waals surface area contributed by atoms with Crippen molar-refractivity contribution in [3.8, 4) is 0 Å². The van der Waals surface area contributed by atoms with E-state index in [1.807, 2.05) is 25.3 Å². The molecule has 1 N–H and O–H groups in total. The van der Waals surface area contributed by atoms with Crippen molar-refractivity contribution in [3.63, 3.8) is 0 Å². The Hall–Kier alpha value is -2.08. The van der Waals surface area contributed by atoms with E-state index in [9.17, 15) is 13.2 Å². The van der Waals surface area contributed by atoms with Crippen LogP contribution in [0.1, 0.15) is 18.9 Å². The Morgan fingerprint density at radius 2 is 1.78 bits per heavy atom. The van der Waals surface area contributed by atoms with E-state index in [0.29, 0.717) is 10.8 Å². The van der Waals surface area contributed by atoms with Gasteiger partial charge in [-0.3, -0.25) is 14.4 Å². The molecule has 3 rings (SSSR count). The fraction of sp³-hybridized carbons (Fsp3) is 0.286. The summed E-state index contributed by atoms with van der Waals surface area (Å²) in [6.07, 6.45) is 2.93. The fourth-order valence-electron chi connectivity index (χ4n) is 2.70. The number of carbonyl (C=O) groups is 1. The SMILES string of the molecule is CCCSc1nnc(NC(=O)CN(c2ccc(C)cc2)S(=O)(=O)c2ccc(SC)cc2)s1. The lowest BCUT2D eigenvalue weighted by atomic mass is 10.2. The second-order valence-electron chi connectivity index (χ2n) is 6.79. The lowest BCUT2D eigenvalue weighted by molar-refractivity contribution is -0.114. The highest BCUT2D eigenvalue weighted by atomic mass is 32.2. The van der Waals surface area contributed by atoms with Crippen LogP contribution in [0.15, 0.2) is 62.7 Å². The Morgan fingerprint density at radius 1 is 1.09 bits per heavy atom. The van der Waals surface area contributed by atoms with Gasteiger partial charge in [0.25, 0.3) is 10.0 Å². The van der Waals surface area contributed by atoms with E-state index in [4.69, 9.17) is 0 Å². The number of thioether (sulfide) groups is 2. The quantitative estimate of drug-likeness (QED) is 0.307. The molecule has 0 saturated heterocycles. The van der Waals surface area contributed by atoms with Crippen molar-refractivity contribution in [1.29, 1.82) is 0 Å². The van der Waals surface area contributed by atoms with Gasteiger partial charge in [-0.2, -0.15) is 0 Å². The Morgan fingerprint density at radius 3 is 2.41 bits per heavy atom. The first-order valence-corrected chi connectivity index (χ1v) is 14.3. The molecule has 0 radical (unpaired) electrons. The van der Waals surface area contributed by atoms with Gasteiger partial charge in [0.05, 0.1) is 10.6 Å². The fourth-order valence-corrected chi connectivity index (χ4v) is 6.22.